The molecule has 1 rings (SSSR count). The van der Waals surface area contributed by atoms with Crippen LogP contribution in [0.3, 0.4) is 0 Å². The molecule has 0 aliphatic rings. The Labute approximate surface area is 102 Å². The number of aliphatic hydroxyl groups excluding tert-OH is 1. The van der Waals surface area contributed by atoms with Crippen molar-refractivity contribution in [2.24, 2.45) is 5.41 Å². The number of carbonyl (C=O) groups excluding carboxylic acids is 1. The third kappa shape index (κ3) is 3.93. The first-order valence-electron chi connectivity index (χ1n) is 4.59. The van der Waals surface area contributed by atoms with E-state index in [-0.39, 0.29) is 17.9 Å². The molecule has 1 aromatic rings. The Morgan fingerprint density at radius 3 is 2.73 bits per heavy atom. The average molecular weight is 292 g/mol. The number of rotatable bonds is 4. The van der Waals surface area contributed by atoms with Gasteiger partial charge in [0, 0.05) is 18.6 Å². The van der Waals surface area contributed by atoms with Crippen LogP contribution in [0.25, 0.3) is 0 Å². The summed E-state index contributed by atoms with van der Waals surface area (Å²) in [5.41, 5.74) is -0.274. The summed E-state index contributed by atoms with van der Waals surface area (Å²) in [5.74, 6) is -0.0905. The fraction of sp³-hybridized carbons (Fsp3) is 0.500. The maximum atomic E-state index is 11.6. The minimum atomic E-state index is -0.274. The van der Waals surface area contributed by atoms with Gasteiger partial charge in [0.25, 0.3) is 5.91 Å². The first kappa shape index (κ1) is 12.7. The predicted octanol–water partition coefficient (Wildman–Crippen LogP) is 2.26. The third-order valence-electron chi connectivity index (χ3n) is 1.95. The molecule has 0 atom stereocenters. The molecule has 0 aliphatic heterocycles. The molecule has 0 saturated heterocycles. The van der Waals surface area contributed by atoms with Crippen molar-refractivity contribution < 1.29 is 9.90 Å². The van der Waals surface area contributed by atoms with Crippen molar-refractivity contribution in [2.75, 3.05) is 13.2 Å². The van der Waals surface area contributed by atoms with Crippen LogP contribution in [0.5, 0.6) is 0 Å². The Bertz CT molecular complexity index is 349. The standard InChI is InChI=1S/C10H14BrNO2S/c1-10(2,6-13)5-12-9(14)7-3-4-8(11)15-7/h3-4,13H,5-6H2,1-2H3,(H,12,14). The molecule has 5 heteroatoms. The van der Waals surface area contributed by atoms with Gasteiger partial charge in [-0.3, -0.25) is 4.79 Å². The van der Waals surface area contributed by atoms with Gasteiger partial charge in [-0.25, -0.2) is 0 Å². The number of aliphatic hydroxyl groups is 1. The van der Waals surface area contributed by atoms with Crippen LogP contribution in [0.1, 0.15) is 23.5 Å². The second-order valence-corrected chi connectivity index (χ2v) is 6.57. The van der Waals surface area contributed by atoms with Crippen LogP contribution in [-0.4, -0.2) is 24.2 Å². The minimum absolute atomic E-state index is 0.0570. The predicted molar refractivity (Wildman–Crippen MR) is 65.2 cm³/mol. The summed E-state index contributed by atoms with van der Waals surface area (Å²) in [4.78, 5) is 12.3. The molecule has 1 heterocycles. The van der Waals surface area contributed by atoms with E-state index in [0.717, 1.165) is 3.79 Å². The number of thiophene rings is 1. The van der Waals surface area contributed by atoms with Gasteiger partial charge in [0.15, 0.2) is 0 Å². The van der Waals surface area contributed by atoms with E-state index >= 15 is 0 Å². The Morgan fingerprint density at radius 1 is 1.60 bits per heavy atom. The Hall–Kier alpha value is -0.390. The number of amides is 1. The highest BCUT2D eigenvalue weighted by atomic mass is 79.9. The number of hydrogen-bond donors (Lipinski definition) is 2. The number of nitrogens with one attached hydrogen (secondary N) is 1. The van der Waals surface area contributed by atoms with Crippen LogP contribution < -0.4 is 5.32 Å². The van der Waals surface area contributed by atoms with Crippen molar-refractivity contribution in [3.63, 3.8) is 0 Å². The zero-order valence-electron chi connectivity index (χ0n) is 8.71. The van der Waals surface area contributed by atoms with Crippen molar-refractivity contribution in [3.8, 4) is 0 Å². The molecule has 0 unspecified atom stereocenters. The Morgan fingerprint density at radius 2 is 2.27 bits per heavy atom. The molecular formula is C10H14BrNO2S. The number of hydrogen-bond acceptors (Lipinski definition) is 3. The van der Waals surface area contributed by atoms with Crippen molar-refractivity contribution in [1.29, 1.82) is 0 Å². The SMILES string of the molecule is CC(C)(CO)CNC(=O)c1ccc(Br)s1. The van der Waals surface area contributed by atoms with E-state index in [4.69, 9.17) is 5.11 Å². The Kier molecular flexibility index (Phi) is 4.31. The summed E-state index contributed by atoms with van der Waals surface area (Å²) in [6.07, 6.45) is 0. The number of carbonyl (C=O) groups is 1. The molecule has 0 saturated carbocycles. The van der Waals surface area contributed by atoms with Crippen molar-refractivity contribution in [3.05, 3.63) is 20.8 Å². The summed E-state index contributed by atoms with van der Waals surface area (Å²) in [7, 11) is 0. The molecule has 2 N–H and O–H groups in total. The molecule has 0 spiro atoms. The van der Waals surface area contributed by atoms with Gasteiger partial charge >= 0.3 is 0 Å². The highest BCUT2D eigenvalue weighted by Gasteiger charge is 2.18. The quantitative estimate of drug-likeness (QED) is 0.894. The summed E-state index contributed by atoms with van der Waals surface area (Å²) in [6, 6.07) is 3.62. The van der Waals surface area contributed by atoms with Crippen molar-refractivity contribution >= 4 is 33.2 Å². The monoisotopic (exact) mass is 291 g/mol. The number of halogens is 1. The molecule has 0 aliphatic carbocycles. The molecule has 84 valence electrons. The molecule has 0 bridgehead atoms. The van der Waals surface area contributed by atoms with Gasteiger partial charge in [0.2, 0.25) is 0 Å². The fourth-order valence-corrected chi connectivity index (χ4v) is 2.20. The smallest absolute Gasteiger partial charge is 0.261 e. The fourth-order valence-electron chi connectivity index (χ4n) is 0.899. The lowest BCUT2D eigenvalue weighted by Crippen LogP contribution is -2.35. The minimum Gasteiger partial charge on any atom is -0.396 e. The maximum Gasteiger partial charge on any atom is 0.261 e. The van der Waals surface area contributed by atoms with Gasteiger partial charge in [-0.05, 0) is 28.1 Å². The second-order valence-electron chi connectivity index (χ2n) is 4.11. The van der Waals surface area contributed by atoms with E-state index in [1.807, 2.05) is 19.9 Å². The van der Waals surface area contributed by atoms with Gasteiger partial charge in [-0.1, -0.05) is 13.8 Å². The van der Waals surface area contributed by atoms with Gasteiger partial charge in [0.05, 0.1) is 8.66 Å². The van der Waals surface area contributed by atoms with Crippen LogP contribution in [-0.2, 0) is 0 Å². The summed E-state index contributed by atoms with van der Waals surface area (Å²) in [6.45, 7) is 4.33. The highest BCUT2D eigenvalue weighted by molar-refractivity contribution is 9.11. The zero-order valence-corrected chi connectivity index (χ0v) is 11.1. The van der Waals surface area contributed by atoms with Crippen molar-refractivity contribution in [1.82, 2.24) is 5.32 Å². The van der Waals surface area contributed by atoms with Crippen LogP contribution in [0.15, 0.2) is 15.9 Å². The molecule has 3 nitrogen and oxygen atoms in total. The second kappa shape index (κ2) is 5.09. The molecular weight excluding hydrogens is 278 g/mol. The largest absolute Gasteiger partial charge is 0.396 e. The Balaban J connectivity index is 2.50. The van der Waals surface area contributed by atoms with E-state index < -0.39 is 0 Å². The molecule has 1 aromatic heterocycles. The van der Waals surface area contributed by atoms with Crippen LogP contribution in [0.4, 0.5) is 0 Å². The van der Waals surface area contributed by atoms with E-state index in [0.29, 0.717) is 11.4 Å². The van der Waals surface area contributed by atoms with Crippen LogP contribution >= 0.6 is 27.3 Å². The first-order valence-corrected chi connectivity index (χ1v) is 6.20. The van der Waals surface area contributed by atoms with Gasteiger partial charge in [-0.15, -0.1) is 11.3 Å². The molecule has 0 aromatic carbocycles. The van der Waals surface area contributed by atoms with Crippen molar-refractivity contribution in [2.45, 2.75) is 13.8 Å². The van der Waals surface area contributed by atoms with Gasteiger partial charge in [0.1, 0.15) is 0 Å². The third-order valence-corrected chi connectivity index (χ3v) is 3.57. The maximum absolute atomic E-state index is 11.6. The first-order chi connectivity index (χ1) is 6.94. The summed E-state index contributed by atoms with van der Waals surface area (Å²) in [5, 5.41) is 11.8. The van der Waals surface area contributed by atoms with E-state index in [9.17, 15) is 4.79 Å². The topological polar surface area (TPSA) is 49.3 Å². The average Bonchev–Trinajstić information content (AvgIpc) is 2.61. The lowest BCUT2D eigenvalue weighted by molar-refractivity contribution is 0.0915. The van der Waals surface area contributed by atoms with Gasteiger partial charge < -0.3 is 10.4 Å². The van der Waals surface area contributed by atoms with Crippen LogP contribution in [0.2, 0.25) is 0 Å². The molecule has 0 fully saturated rings. The van der Waals surface area contributed by atoms with E-state index in [2.05, 4.69) is 21.2 Å². The molecule has 0 radical (unpaired) electrons. The summed E-state index contributed by atoms with van der Waals surface area (Å²) < 4.78 is 0.939. The van der Waals surface area contributed by atoms with E-state index in [1.165, 1.54) is 11.3 Å². The normalized spacial score (nSPS) is 11.5. The lowest BCUT2D eigenvalue weighted by atomic mass is 9.95. The highest BCUT2D eigenvalue weighted by Crippen LogP contribution is 2.22. The van der Waals surface area contributed by atoms with E-state index in [1.54, 1.807) is 6.07 Å². The van der Waals surface area contributed by atoms with Crippen LogP contribution in [0, 0.1) is 5.41 Å². The lowest BCUT2D eigenvalue weighted by Gasteiger charge is -2.21. The molecule has 1 amide bonds. The summed E-state index contributed by atoms with van der Waals surface area (Å²) >= 11 is 4.70. The molecule has 15 heavy (non-hydrogen) atoms. The van der Waals surface area contributed by atoms with Gasteiger partial charge in [-0.2, -0.15) is 0 Å². The zero-order chi connectivity index (χ0) is 11.5.